The first-order valence-corrected chi connectivity index (χ1v) is 6.18. The van der Waals surface area contributed by atoms with Gasteiger partial charge >= 0.3 is 0 Å². The van der Waals surface area contributed by atoms with Crippen LogP contribution in [0.25, 0.3) is 0 Å². The number of sulfonamides is 1. The molecule has 0 bridgehead atoms. The van der Waals surface area contributed by atoms with Crippen LogP contribution in [0.5, 0.6) is 0 Å². The van der Waals surface area contributed by atoms with E-state index in [-0.39, 0.29) is 9.92 Å². The van der Waals surface area contributed by atoms with E-state index in [1.165, 1.54) is 25.1 Å². The van der Waals surface area contributed by atoms with Gasteiger partial charge in [-0.3, -0.25) is 0 Å². The minimum Gasteiger partial charge on any atom is -0.548 e. The molecule has 7 heteroatoms. The van der Waals surface area contributed by atoms with Crippen molar-refractivity contribution in [1.29, 1.82) is 0 Å². The number of hydrogen-bond acceptors (Lipinski definition) is 4. The predicted molar refractivity (Wildman–Crippen MR) is 56.2 cm³/mol. The number of aliphatic carboxylic acids is 1. The SMILES string of the molecule is C[C@@H](NS(=O)(=O)c1ccccc1Cl)C(=O)[O-]. The molecule has 0 unspecified atom stereocenters. The number of hydrogen-bond donors (Lipinski definition) is 1. The molecule has 0 saturated carbocycles. The van der Waals surface area contributed by atoms with Crippen molar-refractivity contribution in [1.82, 2.24) is 4.72 Å². The lowest BCUT2D eigenvalue weighted by molar-refractivity contribution is -0.307. The third-order valence-corrected chi connectivity index (χ3v) is 3.85. The van der Waals surface area contributed by atoms with E-state index in [4.69, 9.17) is 11.6 Å². The Balaban J connectivity index is 3.04. The van der Waals surface area contributed by atoms with Crippen LogP contribution in [0.3, 0.4) is 0 Å². The van der Waals surface area contributed by atoms with Gasteiger partial charge in [-0.25, -0.2) is 13.1 Å². The molecule has 0 aromatic heterocycles. The van der Waals surface area contributed by atoms with Crippen LogP contribution in [0.4, 0.5) is 0 Å². The third kappa shape index (κ3) is 2.94. The fourth-order valence-corrected chi connectivity index (χ4v) is 2.72. The molecular formula is C9H9ClNO4S-. The number of rotatable bonds is 4. The zero-order valence-electron chi connectivity index (χ0n) is 8.31. The summed E-state index contributed by atoms with van der Waals surface area (Å²) in [6, 6.07) is 4.43. The van der Waals surface area contributed by atoms with Crippen LogP contribution in [0, 0.1) is 0 Å². The molecule has 0 radical (unpaired) electrons. The van der Waals surface area contributed by atoms with Crippen LogP contribution in [0.15, 0.2) is 29.2 Å². The number of benzene rings is 1. The molecule has 0 aliphatic rings. The van der Waals surface area contributed by atoms with Gasteiger partial charge in [0.25, 0.3) is 0 Å². The van der Waals surface area contributed by atoms with Crippen molar-refractivity contribution in [2.75, 3.05) is 0 Å². The van der Waals surface area contributed by atoms with Gasteiger partial charge in [-0.1, -0.05) is 23.7 Å². The number of carbonyl (C=O) groups excluding carboxylic acids is 1. The lowest BCUT2D eigenvalue weighted by Crippen LogP contribution is -2.45. The Kier molecular flexibility index (Phi) is 3.90. The van der Waals surface area contributed by atoms with Crippen molar-refractivity contribution in [2.45, 2.75) is 17.9 Å². The Morgan fingerprint density at radius 1 is 1.44 bits per heavy atom. The molecule has 1 rings (SSSR count). The quantitative estimate of drug-likeness (QED) is 0.811. The van der Waals surface area contributed by atoms with E-state index in [0.717, 1.165) is 0 Å². The fourth-order valence-electron chi connectivity index (χ4n) is 1.01. The predicted octanol–water partition coefficient (Wildman–Crippen LogP) is -0.243. The number of carboxylic acid groups (broad SMARTS) is 1. The number of halogens is 1. The minimum absolute atomic E-state index is 0.0283. The Labute approximate surface area is 98.1 Å². The Hall–Kier alpha value is -1.11. The van der Waals surface area contributed by atoms with Crippen LogP contribution in [-0.4, -0.2) is 20.4 Å². The zero-order valence-corrected chi connectivity index (χ0v) is 9.88. The second-order valence-electron chi connectivity index (χ2n) is 3.09. The smallest absolute Gasteiger partial charge is 0.242 e. The van der Waals surface area contributed by atoms with Crippen LogP contribution in [0.1, 0.15) is 6.92 Å². The second-order valence-corrected chi connectivity index (χ2v) is 5.18. The first kappa shape index (κ1) is 13.0. The summed E-state index contributed by atoms with van der Waals surface area (Å²) in [7, 11) is -3.94. The summed E-state index contributed by atoms with van der Waals surface area (Å²) < 4.78 is 25.3. The lowest BCUT2D eigenvalue weighted by Gasteiger charge is -2.15. The highest BCUT2D eigenvalue weighted by atomic mass is 35.5. The maximum absolute atomic E-state index is 11.7. The maximum Gasteiger partial charge on any atom is 0.242 e. The summed E-state index contributed by atoms with van der Waals surface area (Å²) in [5, 5.41) is 10.5. The average Bonchev–Trinajstić information content (AvgIpc) is 2.17. The summed E-state index contributed by atoms with van der Waals surface area (Å²) in [6.07, 6.45) is 0. The van der Waals surface area contributed by atoms with Gasteiger partial charge in [0, 0.05) is 0 Å². The molecule has 0 spiro atoms. The standard InChI is InChI=1S/C9H10ClNO4S/c1-6(9(12)13)11-16(14,15)8-5-3-2-4-7(8)10/h2-6,11H,1H3,(H,12,13)/p-1/t6-/m1/s1. The molecule has 0 aliphatic heterocycles. The molecule has 16 heavy (non-hydrogen) atoms. The Morgan fingerprint density at radius 2 is 2.00 bits per heavy atom. The van der Waals surface area contributed by atoms with Crippen molar-refractivity contribution in [3.63, 3.8) is 0 Å². The van der Waals surface area contributed by atoms with Gasteiger partial charge in [-0.15, -0.1) is 0 Å². The molecule has 1 N–H and O–H groups in total. The van der Waals surface area contributed by atoms with E-state index in [9.17, 15) is 18.3 Å². The third-order valence-electron chi connectivity index (χ3n) is 1.81. The van der Waals surface area contributed by atoms with Gasteiger partial charge in [0.2, 0.25) is 10.0 Å². The van der Waals surface area contributed by atoms with E-state index < -0.39 is 22.0 Å². The minimum atomic E-state index is -3.94. The summed E-state index contributed by atoms with van der Waals surface area (Å²) in [6.45, 7) is 1.17. The van der Waals surface area contributed by atoms with Crippen molar-refractivity contribution in [2.24, 2.45) is 0 Å². The van der Waals surface area contributed by atoms with Crippen molar-refractivity contribution in [3.05, 3.63) is 29.3 Å². The molecule has 0 amide bonds. The first-order chi connectivity index (χ1) is 7.34. The highest BCUT2D eigenvalue weighted by molar-refractivity contribution is 7.89. The summed E-state index contributed by atoms with van der Waals surface area (Å²) in [4.78, 5) is 10.3. The molecule has 1 aromatic carbocycles. The van der Waals surface area contributed by atoms with Crippen molar-refractivity contribution < 1.29 is 18.3 Å². The van der Waals surface area contributed by atoms with E-state index in [1.54, 1.807) is 6.07 Å². The van der Waals surface area contributed by atoms with Gasteiger partial charge in [0.05, 0.1) is 17.0 Å². The van der Waals surface area contributed by atoms with Crippen LogP contribution >= 0.6 is 11.6 Å². The summed E-state index contributed by atoms with van der Waals surface area (Å²) in [5.41, 5.74) is 0. The fraction of sp³-hybridized carbons (Fsp3) is 0.222. The van der Waals surface area contributed by atoms with Gasteiger partial charge < -0.3 is 9.90 Å². The van der Waals surface area contributed by atoms with E-state index in [1.807, 2.05) is 4.72 Å². The van der Waals surface area contributed by atoms with Crippen molar-refractivity contribution >= 4 is 27.6 Å². The zero-order chi connectivity index (χ0) is 12.3. The molecule has 1 atom stereocenters. The largest absolute Gasteiger partial charge is 0.548 e. The van der Waals surface area contributed by atoms with Crippen LogP contribution in [0.2, 0.25) is 5.02 Å². The summed E-state index contributed by atoms with van der Waals surface area (Å²) in [5.74, 6) is -1.50. The van der Waals surface area contributed by atoms with Gasteiger partial charge in [0.15, 0.2) is 0 Å². The molecule has 5 nitrogen and oxygen atoms in total. The number of nitrogens with one attached hydrogen (secondary N) is 1. The molecule has 1 aromatic rings. The Bertz CT molecular complexity index is 500. The topological polar surface area (TPSA) is 86.3 Å². The van der Waals surface area contributed by atoms with Crippen LogP contribution in [-0.2, 0) is 14.8 Å². The highest BCUT2D eigenvalue weighted by Gasteiger charge is 2.20. The molecule has 0 fully saturated rings. The Morgan fingerprint density at radius 3 is 2.50 bits per heavy atom. The number of carboxylic acids is 1. The second kappa shape index (κ2) is 4.82. The van der Waals surface area contributed by atoms with E-state index in [0.29, 0.717) is 0 Å². The summed E-state index contributed by atoms with van der Waals surface area (Å²) >= 11 is 5.69. The molecular weight excluding hydrogens is 254 g/mol. The molecule has 0 saturated heterocycles. The van der Waals surface area contributed by atoms with Gasteiger partial charge in [-0.2, -0.15) is 0 Å². The van der Waals surface area contributed by atoms with Crippen LogP contribution < -0.4 is 9.83 Å². The normalized spacial score (nSPS) is 13.4. The van der Waals surface area contributed by atoms with E-state index >= 15 is 0 Å². The molecule has 0 heterocycles. The molecule has 88 valence electrons. The molecule has 0 aliphatic carbocycles. The monoisotopic (exact) mass is 262 g/mol. The van der Waals surface area contributed by atoms with E-state index in [2.05, 4.69) is 0 Å². The maximum atomic E-state index is 11.7. The average molecular weight is 263 g/mol. The lowest BCUT2D eigenvalue weighted by atomic mass is 10.4. The first-order valence-electron chi connectivity index (χ1n) is 4.32. The van der Waals surface area contributed by atoms with Crippen molar-refractivity contribution in [3.8, 4) is 0 Å². The van der Waals surface area contributed by atoms with Gasteiger partial charge in [-0.05, 0) is 19.1 Å². The highest BCUT2D eigenvalue weighted by Crippen LogP contribution is 2.20. The number of carbonyl (C=O) groups is 1. The van der Waals surface area contributed by atoms with Gasteiger partial charge in [0.1, 0.15) is 4.90 Å².